The van der Waals surface area contributed by atoms with E-state index in [9.17, 15) is 4.79 Å². The summed E-state index contributed by atoms with van der Waals surface area (Å²) in [6.07, 6.45) is 8.84. The summed E-state index contributed by atoms with van der Waals surface area (Å²) in [6, 6.07) is 0.600. The average Bonchev–Trinajstić information content (AvgIpc) is 2.92. The highest BCUT2D eigenvalue weighted by Crippen LogP contribution is 2.37. The smallest absolute Gasteiger partial charge is 0.327 e. The second-order valence-electron chi connectivity index (χ2n) is 7.42. The number of aromatic nitrogens is 2. The summed E-state index contributed by atoms with van der Waals surface area (Å²) in [5, 5.41) is 7.81. The Morgan fingerprint density at radius 2 is 2.05 bits per heavy atom. The molecule has 0 radical (unpaired) electrons. The molecule has 1 aromatic rings. The fourth-order valence-electron chi connectivity index (χ4n) is 3.21. The fourth-order valence-corrected chi connectivity index (χ4v) is 3.21. The van der Waals surface area contributed by atoms with Crippen molar-refractivity contribution in [1.82, 2.24) is 15.1 Å². The molecule has 124 valence electrons. The second-order valence-corrected chi connectivity index (χ2v) is 7.42. The van der Waals surface area contributed by atoms with Gasteiger partial charge in [0.15, 0.2) is 0 Å². The number of nitrogens with one attached hydrogen (secondary N) is 1. The van der Waals surface area contributed by atoms with Crippen LogP contribution in [0.15, 0.2) is 12.4 Å². The van der Waals surface area contributed by atoms with Crippen molar-refractivity contribution >= 4 is 5.97 Å². The van der Waals surface area contributed by atoms with Crippen molar-refractivity contribution in [3.63, 3.8) is 0 Å². The Kier molecular flexibility index (Phi) is 5.62. The Balaban J connectivity index is 1.74. The Morgan fingerprint density at radius 1 is 1.36 bits per heavy atom. The third-order valence-electron chi connectivity index (χ3n) is 4.75. The lowest BCUT2D eigenvalue weighted by atomic mass is 9.71. The first-order valence-electron chi connectivity index (χ1n) is 8.20. The molecular weight excluding hydrogens is 278 g/mol. The van der Waals surface area contributed by atoms with Gasteiger partial charge in [-0.2, -0.15) is 5.10 Å². The van der Waals surface area contributed by atoms with Crippen molar-refractivity contribution in [3.05, 3.63) is 18.0 Å². The van der Waals surface area contributed by atoms with E-state index in [2.05, 4.69) is 35.9 Å². The number of carbonyl (C=O) groups is 1. The minimum absolute atomic E-state index is 0.174. The fraction of sp³-hybridized carbons (Fsp3) is 0.765. The van der Waals surface area contributed by atoms with Crippen LogP contribution in [0.2, 0.25) is 0 Å². The number of nitrogens with zero attached hydrogens (tertiary/aromatic N) is 2. The van der Waals surface area contributed by atoms with Gasteiger partial charge >= 0.3 is 5.97 Å². The lowest BCUT2D eigenvalue weighted by molar-refractivity contribution is -0.141. The van der Waals surface area contributed by atoms with E-state index >= 15 is 0 Å². The topological polar surface area (TPSA) is 56.1 Å². The molecule has 0 saturated heterocycles. The van der Waals surface area contributed by atoms with Gasteiger partial charge < -0.3 is 10.1 Å². The van der Waals surface area contributed by atoms with Crippen molar-refractivity contribution in [1.29, 1.82) is 0 Å². The Morgan fingerprint density at radius 3 is 2.64 bits per heavy atom. The van der Waals surface area contributed by atoms with E-state index in [1.54, 1.807) is 4.68 Å². The molecule has 0 amide bonds. The van der Waals surface area contributed by atoms with Crippen molar-refractivity contribution in [3.8, 4) is 0 Å². The van der Waals surface area contributed by atoms with Gasteiger partial charge in [0, 0.05) is 24.3 Å². The van der Waals surface area contributed by atoms with E-state index in [1.165, 1.54) is 32.8 Å². The minimum Gasteiger partial charge on any atom is -0.468 e. The van der Waals surface area contributed by atoms with Gasteiger partial charge in [-0.25, -0.2) is 0 Å². The van der Waals surface area contributed by atoms with Gasteiger partial charge in [-0.1, -0.05) is 20.8 Å². The number of ether oxygens (including phenoxy) is 1. The van der Waals surface area contributed by atoms with E-state index < -0.39 is 0 Å². The molecule has 0 aromatic carbocycles. The molecular formula is C17H29N3O2. The first-order valence-corrected chi connectivity index (χ1v) is 8.20. The van der Waals surface area contributed by atoms with Gasteiger partial charge in [-0.05, 0) is 37.0 Å². The lowest BCUT2D eigenvalue weighted by Crippen LogP contribution is -2.35. The normalized spacial score (nSPS) is 22.5. The number of esters is 1. The van der Waals surface area contributed by atoms with E-state index in [1.807, 2.05) is 12.4 Å². The van der Waals surface area contributed by atoms with E-state index in [4.69, 9.17) is 0 Å². The van der Waals surface area contributed by atoms with Crippen LogP contribution in [-0.4, -0.2) is 28.9 Å². The lowest BCUT2D eigenvalue weighted by Gasteiger charge is -2.37. The average molecular weight is 307 g/mol. The third-order valence-corrected chi connectivity index (χ3v) is 4.75. The zero-order valence-electron chi connectivity index (χ0n) is 14.3. The molecule has 2 rings (SSSR count). The van der Waals surface area contributed by atoms with Crippen LogP contribution in [0.3, 0.4) is 0 Å². The number of rotatable bonds is 5. The highest BCUT2D eigenvalue weighted by molar-refractivity contribution is 5.68. The summed E-state index contributed by atoms with van der Waals surface area (Å²) >= 11 is 0. The molecule has 22 heavy (non-hydrogen) atoms. The number of hydrogen-bond donors (Lipinski definition) is 1. The first kappa shape index (κ1) is 17.0. The zero-order valence-corrected chi connectivity index (χ0v) is 14.3. The van der Waals surface area contributed by atoms with Crippen LogP contribution in [0.25, 0.3) is 0 Å². The van der Waals surface area contributed by atoms with Crippen molar-refractivity contribution < 1.29 is 9.53 Å². The maximum atomic E-state index is 11.2. The van der Waals surface area contributed by atoms with Crippen molar-refractivity contribution in [2.45, 2.75) is 65.6 Å². The molecule has 1 aliphatic rings. The van der Waals surface area contributed by atoms with E-state index in [-0.39, 0.29) is 12.5 Å². The molecule has 1 N–H and O–H groups in total. The Bertz CT molecular complexity index is 482. The van der Waals surface area contributed by atoms with Crippen LogP contribution in [0.4, 0.5) is 0 Å². The van der Waals surface area contributed by atoms with Gasteiger partial charge in [0.25, 0.3) is 0 Å². The SMILES string of the molecule is COC(=O)Cn1cc(CNC2CCC(C(C)(C)C)CC2)cn1. The molecule has 1 fully saturated rings. The highest BCUT2D eigenvalue weighted by atomic mass is 16.5. The van der Waals surface area contributed by atoms with Gasteiger partial charge in [0.2, 0.25) is 0 Å². The predicted molar refractivity (Wildman–Crippen MR) is 86.3 cm³/mol. The Hall–Kier alpha value is -1.36. The monoisotopic (exact) mass is 307 g/mol. The molecule has 0 aliphatic heterocycles. The summed E-state index contributed by atoms with van der Waals surface area (Å²) < 4.78 is 6.26. The number of methoxy groups -OCH3 is 1. The molecule has 0 spiro atoms. The van der Waals surface area contributed by atoms with Gasteiger partial charge in [0.1, 0.15) is 6.54 Å². The molecule has 5 heteroatoms. The second kappa shape index (κ2) is 7.27. The maximum absolute atomic E-state index is 11.2. The summed E-state index contributed by atoms with van der Waals surface area (Å²) in [5.41, 5.74) is 1.54. The van der Waals surface area contributed by atoms with Crippen molar-refractivity contribution in [2.75, 3.05) is 7.11 Å². The van der Waals surface area contributed by atoms with Crippen LogP contribution in [0.1, 0.15) is 52.0 Å². The van der Waals surface area contributed by atoms with Crippen LogP contribution in [0, 0.1) is 11.3 Å². The van der Waals surface area contributed by atoms with Gasteiger partial charge in [-0.15, -0.1) is 0 Å². The van der Waals surface area contributed by atoms with E-state index in [0.717, 1.165) is 18.0 Å². The molecule has 1 heterocycles. The van der Waals surface area contributed by atoms with Crippen LogP contribution >= 0.6 is 0 Å². The molecule has 0 unspecified atom stereocenters. The molecule has 1 aromatic heterocycles. The zero-order chi connectivity index (χ0) is 16.2. The maximum Gasteiger partial charge on any atom is 0.327 e. The van der Waals surface area contributed by atoms with Crippen molar-refractivity contribution in [2.24, 2.45) is 11.3 Å². The molecule has 1 saturated carbocycles. The summed E-state index contributed by atoms with van der Waals surface area (Å²) in [4.78, 5) is 11.2. The summed E-state index contributed by atoms with van der Waals surface area (Å²) in [6.45, 7) is 8.03. The van der Waals surface area contributed by atoms with Gasteiger partial charge in [0.05, 0.1) is 13.3 Å². The standard InChI is InChI=1S/C17H29N3O2/c1-17(2,3)14-5-7-15(8-6-14)18-9-13-10-19-20(11-13)12-16(21)22-4/h10-11,14-15,18H,5-9,12H2,1-4H3. The molecule has 0 atom stereocenters. The third kappa shape index (κ3) is 4.83. The van der Waals surface area contributed by atoms with Crippen LogP contribution in [0.5, 0.6) is 0 Å². The van der Waals surface area contributed by atoms with Crippen LogP contribution < -0.4 is 5.32 Å². The summed E-state index contributed by atoms with van der Waals surface area (Å²) in [5.74, 6) is 0.566. The largest absolute Gasteiger partial charge is 0.468 e. The number of hydrogen-bond acceptors (Lipinski definition) is 4. The van der Waals surface area contributed by atoms with Crippen LogP contribution in [-0.2, 0) is 22.6 Å². The quantitative estimate of drug-likeness (QED) is 0.850. The molecule has 5 nitrogen and oxygen atoms in total. The summed E-state index contributed by atoms with van der Waals surface area (Å²) in [7, 11) is 1.39. The van der Waals surface area contributed by atoms with Gasteiger partial charge in [-0.3, -0.25) is 9.48 Å². The predicted octanol–water partition coefficient (Wildman–Crippen LogP) is 2.75. The molecule has 0 bridgehead atoms. The number of carbonyl (C=O) groups excluding carboxylic acids is 1. The van der Waals surface area contributed by atoms with E-state index in [0.29, 0.717) is 11.5 Å². The molecule has 1 aliphatic carbocycles. The first-order chi connectivity index (χ1) is 10.4. The Labute approximate surface area is 133 Å². The minimum atomic E-state index is -0.275. The highest BCUT2D eigenvalue weighted by Gasteiger charge is 2.29.